The van der Waals surface area contributed by atoms with Crippen LogP contribution in [0.25, 0.3) is 0 Å². The molecule has 10 nitrogen and oxygen atoms in total. The number of alkyl halides is 1. The van der Waals surface area contributed by atoms with E-state index in [1.165, 1.54) is 46.6 Å². The van der Waals surface area contributed by atoms with Gasteiger partial charge in [0.2, 0.25) is 0 Å². The molecule has 0 unspecified atom stereocenters. The van der Waals surface area contributed by atoms with Crippen LogP contribution in [0, 0.1) is 11.7 Å². The summed E-state index contributed by atoms with van der Waals surface area (Å²) in [6.07, 6.45) is 1.51. The first kappa shape index (κ1) is 30.8. The zero-order valence-electron chi connectivity index (χ0n) is 24.0. The lowest BCUT2D eigenvalue weighted by atomic mass is 9.85. The molecule has 14 heteroatoms. The number of aliphatic imine (C=N–C) groups is 1. The highest BCUT2D eigenvalue weighted by Crippen LogP contribution is 2.43. The number of carboxylic acid groups (broad SMARTS) is 1. The zero-order chi connectivity index (χ0) is 31.9. The minimum absolute atomic E-state index is 0.00262. The highest BCUT2D eigenvalue weighted by atomic mass is 35.5. The molecule has 2 N–H and O–H groups in total. The quantitative estimate of drug-likeness (QED) is 0.337. The standard InChI is InChI=1S/C31H28ClF2N5O5S/c1-2-44-29(42)23-22(36-26(27-35-10-12-45-27)37-25(23)20-7-4-8-21(33)24(20)32)16-38-11-9-31(34)18(14-38)15-39(30(31)43)19-6-3-5-17(13-19)28(40)41/h3-8,10,12-13,18,25H,2,9,11,14-16H2,1H3,(H,36,37)(H,40,41)/t18-,25-,31+/m0/s1. The number of thiazole rings is 1. The van der Waals surface area contributed by atoms with Crippen LogP contribution in [-0.2, 0) is 14.3 Å². The number of piperidine rings is 1. The molecule has 0 saturated carbocycles. The molecule has 6 rings (SSSR count). The molecule has 3 aliphatic rings. The maximum absolute atomic E-state index is 16.3. The van der Waals surface area contributed by atoms with Gasteiger partial charge < -0.3 is 20.1 Å². The van der Waals surface area contributed by atoms with E-state index >= 15 is 4.39 Å². The Hall–Kier alpha value is -4.20. The Balaban J connectivity index is 1.33. The van der Waals surface area contributed by atoms with Gasteiger partial charge in [-0.05, 0) is 31.2 Å². The van der Waals surface area contributed by atoms with Gasteiger partial charge in [0.05, 0.1) is 22.8 Å². The van der Waals surface area contributed by atoms with Crippen molar-refractivity contribution >= 4 is 52.3 Å². The van der Waals surface area contributed by atoms with Crippen molar-refractivity contribution in [1.82, 2.24) is 15.2 Å². The Morgan fingerprint density at radius 3 is 2.78 bits per heavy atom. The van der Waals surface area contributed by atoms with E-state index in [4.69, 9.17) is 21.3 Å². The number of benzene rings is 2. The van der Waals surface area contributed by atoms with Crippen molar-refractivity contribution in [2.45, 2.75) is 25.1 Å². The van der Waals surface area contributed by atoms with Gasteiger partial charge in [-0.3, -0.25) is 14.7 Å². The van der Waals surface area contributed by atoms with Crippen molar-refractivity contribution < 1.29 is 33.0 Å². The molecule has 2 fully saturated rings. The molecule has 4 heterocycles. The Kier molecular flexibility index (Phi) is 8.42. The number of hydrogen-bond acceptors (Lipinski definition) is 9. The summed E-state index contributed by atoms with van der Waals surface area (Å²) in [6, 6.07) is 9.16. The van der Waals surface area contributed by atoms with Crippen LogP contribution in [-0.4, -0.2) is 77.1 Å². The second-order valence-corrected chi connectivity index (χ2v) is 12.2. The van der Waals surface area contributed by atoms with Gasteiger partial charge in [-0.15, -0.1) is 11.3 Å². The molecular formula is C31H28ClF2N5O5S. The normalized spacial score (nSPS) is 23.4. The first-order valence-corrected chi connectivity index (χ1v) is 15.5. The van der Waals surface area contributed by atoms with E-state index in [2.05, 4.69) is 10.3 Å². The van der Waals surface area contributed by atoms with Crippen molar-refractivity contribution in [3.63, 3.8) is 0 Å². The van der Waals surface area contributed by atoms with Crippen LogP contribution >= 0.6 is 22.9 Å². The average Bonchev–Trinajstić information content (AvgIpc) is 3.65. The Morgan fingerprint density at radius 1 is 1.24 bits per heavy atom. The van der Waals surface area contributed by atoms with Crippen LogP contribution in [0.4, 0.5) is 14.5 Å². The van der Waals surface area contributed by atoms with E-state index in [1.54, 1.807) is 30.6 Å². The van der Waals surface area contributed by atoms with E-state index in [9.17, 15) is 23.9 Å². The van der Waals surface area contributed by atoms with Gasteiger partial charge >= 0.3 is 11.9 Å². The molecule has 3 aromatic rings. The first-order valence-electron chi connectivity index (χ1n) is 14.3. The second-order valence-electron chi connectivity index (χ2n) is 10.9. The molecular weight excluding hydrogens is 628 g/mol. The molecule has 1 amide bonds. The summed E-state index contributed by atoms with van der Waals surface area (Å²) in [5.41, 5.74) is -0.985. The number of aromatic nitrogens is 1. The Morgan fingerprint density at radius 2 is 2.04 bits per heavy atom. The van der Waals surface area contributed by atoms with Gasteiger partial charge in [-0.2, -0.15) is 0 Å². The third kappa shape index (κ3) is 5.71. The Labute approximate surface area is 266 Å². The van der Waals surface area contributed by atoms with Crippen molar-refractivity contribution in [1.29, 1.82) is 0 Å². The number of likely N-dealkylation sites (tertiary alicyclic amines) is 1. The SMILES string of the molecule is CCOC(=O)C1=C(CN2CC[C@]3(F)C(=O)N(c4cccc(C(=O)O)c4)C[C@@H]3C2)NC(c2nccs2)=N[C@H]1c1cccc(F)c1Cl. The fraction of sp³-hybridized carbons (Fsp3) is 0.323. The molecule has 234 valence electrons. The molecule has 45 heavy (non-hydrogen) atoms. The fourth-order valence-electron chi connectivity index (χ4n) is 6.06. The fourth-order valence-corrected chi connectivity index (χ4v) is 6.87. The third-order valence-corrected chi connectivity index (χ3v) is 9.42. The lowest BCUT2D eigenvalue weighted by molar-refractivity contribution is -0.139. The largest absolute Gasteiger partial charge is 0.478 e. The number of anilines is 1. The number of nitrogens with zero attached hydrogens (tertiary/aromatic N) is 4. The number of nitrogens with one attached hydrogen (secondary N) is 1. The number of rotatable bonds is 8. The van der Waals surface area contributed by atoms with Gasteiger partial charge in [-0.1, -0.05) is 29.8 Å². The highest BCUT2D eigenvalue weighted by Gasteiger charge is 2.57. The lowest BCUT2D eigenvalue weighted by Crippen LogP contribution is -2.52. The van der Waals surface area contributed by atoms with Crippen molar-refractivity contribution in [3.05, 3.63) is 92.3 Å². The molecule has 0 aliphatic carbocycles. The van der Waals surface area contributed by atoms with E-state index in [-0.39, 0.29) is 60.9 Å². The number of ether oxygens (including phenoxy) is 1. The number of amidine groups is 1. The third-order valence-electron chi connectivity index (χ3n) is 8.24. The van der Waals surface area contributed by atoms with Crippen LogP contribution < -0.4 is 10.2 Å². The minimum atomic E-state index is -2.13. The smallest absolute Gasteiger partial charge is 0.338 e. The molecule has 0 spiro atoms. The zero-order valence-corrected chi connectivity index (χ0v) is 25.6. The topological polar surface area (TPSA) is 124 Å². The van der Waals surface area contributed by atoms with E-state index in [0.29, 0.717) is 22.2 Å². The van der Waals surface area contributed by atoms with Gasteiger partial charge in [0, 0.05) is 67.0 Å². The molecule has 0 radical (unpaired) electrons. The summed E-state index contributed by atoms with van der Waals surface area (Å²) in [4.78, 5) is 50.6. The first-order chi connectivity index (χ1) is 21.6. The van der Waals surface area contributed by atoms with E-state index < -0.39 is 41.3 Å². The predicted octanol–water partition coefficient (Wildman–Crippen LogP) is 4.62. The van der Waals surface area contributed by atoms with Crippen LogP contribution in [0.3, 0.4) is 0 Å². The van der Waals surface area contributed by atoms with Crippen LogP contribution in [0.5, 0.6) is 0 Å². The summed E-state index contributed by atoms with van der Waals surface area (Å²) in [5, 5.41) is 14.8. The summed E-state index contributed by atoms with van der Waals surface area (Å²) in [7, 11) is 0. The summed E-state index contributed by atoms with van der Waals surface area (Å²) in [6.45, 7) is 2.31. The number of carbonyl (C=O) groups is 3. The van der Waals surface area contributed by atoms with E-state index in [1.807, 2.05) is 4.90 Å². The number of hydrogen-bond donors (Lipinski definition) is 2. The van der Waals surface area contributed by atoms with Gasteiger partial charge in [0.25, 0.3) is 5.91 Å². The molecule has 1 aromatic heterocycles. The van der Waals surface area contributed by atoms with Crippen molar-refractivity contribution in [3.8, 4) is 0 Å². The average molecular weight is 656 g/mol. The number of fused-ring (bicyclic) bond motifs is 1. The molecule has 2 saturated heterocycles. The summed E-state index contributed by atoms with van der Waals surface area (Å²) >= 11 is 7.72. The van der Waals surface area contributed by atoms with Crippen LogP contribution in [0.15, 0.2) is 70.3 Å². The molecule has 0 bridgehead atoms. The number of halogens is 3. The van der Waals surface area contributed by atoms with Gasteiger partial charge in [-0.25, -0.2) is 23.4 Å². The molecule has 3 aliphatic heterocycles. The molecule has 2 aromatic carbocycles. The Bertz CT molecular complexity index is 1730. The molecule has 3 atom stereocenters. The predicted molar refractivity (Wildman–Crippen MR) is 164 cm³/mol. The second kappa shape index (κ2) is 12.3. The lowest BCUT2D eigenvalue weighted by Gasteiger charge is -2.38. The maximum Gasteiger partial charge on any atom is 0.338 e. The van der Waals surface area contributed by atoms with Gasteiger partial charge in [0.15, 0.2) is 16.5 Å². The summed E-state index contributed by atoms with van der Waals surface area (Å²) in [5.74, 6) is -3.53. The minimum Gasteiger partial charge on any atom is -0.478 e. The van der Waals surface area contributed by atoms with Crippen LogP contribution in [0.1, 0.15) is 40.3 Å². The number of esters is 1. The highest BCUT2D eigenvalue weighted by molar-refractivity contribution is 7.11. The van der Waals surface area contributed by atoms with Gasteiger partial charge in [0.1, 0.15) is 11.9 Å². The van der Waals surface area contributed by atoms with Crippen molar-refractivity contribution in [2.75, 3.05) is 37.7 Å². The monoisotopic (exact) mass is 655 g/mol. The number of aromatic carboxylic acids is 1. The maximum atomic E-state index is 16.3. The van der Waals surface area contributed by atoms with Crippen LogP contribution in [0.2, 0.25) is 5.02 Å². The van der Waals surface area contributed by atoms with E-state index in [0.717, 1.165) is 0 Å². The summed E-state index contributed by atoms with van der Waals surface area (Å²) < 4.78 is 36.3. The number of carboxylic acids is 1. The number of amides is 1. The van der Waals surface area contributed by atoms with Crippen molar-refractivity contribution in [2.24, 2.45) is 10.9 Å². The number of carbonyl (C=O) groups excluding carboxylic acids is 2.